The molecule has 1 saturated carbocycles. The maximum atomic E-state index is 12.6. The van der Waals surface area contributed by atoms with E-state index in [0.717, 1.165) is 31.1 Å². The van der Waals surface area contributed by atoms with Gasteiger partial charge in [-0.2, -0.15) is 0 Å². The molecule has 114 valence electrons. The van der Waals surface area contributed by atoms with Gasteiger partial charge in [-0.3, -0.25) is 9.59 Å². The molecular formula is C17H24N2O2. The summed E-state index contributed by atoms with van der Waals surface area (Å²) in [6.45, 7) is 5.76. The van der Waals surface area contributed by atoms with Gasteiger partial charge in [0.15, 0.2) is 5.43 Å². The van der Waals surface area contributed by atoms with Gasteiger partial charge in [0.25, 0.3) is 5.91 Å². The number of pyridine rings is 1. The molecule has 1 saturated heterocycles. The molecule has 4 nitrogen and oxygen atoms in total. The maximum Gasteiger partial charge on any atom is 0.259 e. The fraction of sp³-hybridized carbons (Fsp3) is 0.647. The third-order valence-electron chi connectivity index (χ3n) is 5.35. The van der Waals surface area contributed by atoms with E-state index in [1.165, 1.54) is 31.7 Å². The lowest BCUT2D eigenvalue weighted by Crippen LogP contribution is -2.36. The van der Waals surface area contributed by atoms with Crippen LogP contribution in [0.25, 0.3) is 0 Å². The number of aromatic nitrogens is 1. The minimum absolute atomic E-state index is 0.105. The summed E-state index contributed by atoms with van der Waals surface area (Å²) in [5, 5.41) is 0. The molecular weight excluding hydrogens is 264 g/mol. The summed E-state index contributed by atoms with van der Waals surface area (Å²) in [4.78, 5) is 29.4. The molecule has 0 aromatic carbocycles. The van der Waals surface area contributed by atoms with Crippen molar-refractivity contribution < 1.29 is 4.79 Å². The molecule has 4 heteroatoms. The molecule has 1 N–H and O–H groups in total. The van der Waals surface area contributed by atoms with Crippen LogP contribution in [0.4, 0.5) is 0 Å². The predicted molar refractivity (Wildman–Crippen MR) is 82.4 cm³/mol. The van der Waals surface area contributed by atoms with Crippen LogP contribution in [0.3, 0.4) is 0 Å². The smallest absolute Gasteiger partial charge is 0.259 e. The van der Waals surface area contributed by atoms with E-state index in [0.29, 0.717) is 5.41 Å². The molecule has 1 aromatic heterocycles. The highest BCUT2D eigenvalue weighted by atomic mass is 16.2. The number of aryl methyl sites for hydroxylation is 1. The highest BCUT2D eigenvalue weighted by molar-refractivity contribution is 5.94. The van der Waals surface area contributed by atoms with Gasteiger partial charge in [0.2, 0.25) is 0 Å². The van der Waals surface area contributed by atoms with Gasteiger partial charge in [0.05, 0.1) is 0 Å². The van der Waals surface area contributed by atoms with Crippen molar-refractivity contribution in [1.82, 2.24) is 9.88 Å². The molecule has 2 heterocycles. The van der Waals surface area contributed by atoms with E-state index in [1.54, 1.807) is 6.20 Å². The summed E-state index contributed by atoms with van der Waals surface area (Å²) in [6, 6.07) is 1.50. The summed E-state index contributed by atoms with van der Waals surface area (Å²) in [6.07, 6.45) is 7.65. The lowest BCUT2D eigenvalue weighted by Gasteiger charge is -2.36. The van der Waals surface area contributed by atoms with E-state index in [1.807, 2.05) is 11.8 Å². The number of nitrogens with one attached hydrogen (secondary N) is 1. The Labute approximate surface area is 125 Å². The second kappa shape index (κ2) is 5.32. The summed E-state index contributed by atoms with van der Waals surface area (Å²) in [5.41, 5.74) is 1.21. The first-order valence-corrected chi connectivity index (χ1v) is 7.98. The number of H-pyrrole nitrogens is 1. The molecule has 1 spiro atoms. The fourth-order valence-electron chi connectivity index (χ4n) is 3.80. The Hall–Kier alpha value is -1.58. The molecule has 0 unspecified atom stereocenters. The molecule has 1 amide bonds. The van der Waals surface area contributed by atoms with Crippen molar-refractivity contribution in [3.63, 3.8) is 0 Å². The Kier molecular flexibility index (Phi) is 3.64. The number of likely N-dealkylation sites (tertiary alicyclic amines) is 1. The van der Waals surface area contributed by atoms with Gasteiger partial charge in [-0.25, -0.2) is 0 Å². The van der Waals surface area contributed by atoms with Gasteiger partial charge >= 0.3 is 0 Å². The van der Waals surface area contributed by atoms with Gasteiger partial charge in [-0.1, -0.05) is 19.8 Å². The molecule has 1 aliphatic carbocycles. The summed E-state index contributed by atoms with van der Waals surface area (Å²) >= 11 is 0. The van der Waals surface area contributed by atoms with Crippen LogP contribution in [0, 0.1) is 18.3 Å². The van der Waals surface area contributed by atoms with Gasteiger partial charge in [-0.15, -0.1) is 0 Å². The van der Waals surface area contributed by atoms with Crippen LogP contribution in [-0.4, -0.2) is 28.9 Å². The van der Waals surface area contributed by atoms with Crippen LogP contribution >= 0.6 is 0 Å². The third-order valence-corrected chi connectivity index (χ3v) is 5.35. The molecule has 21 heavy (non-hydrogen) atoms. The van der Waals surface area contributed by atoms with Crippen molar-refractivity contribution in [2.24, 2.45) is 11.3 Å². The van der Waals surface area contributed by atoms with Crippen LogP contribution in [0.2, 0.25) is 0 Å². The van der Waals surface area contributed by atoms with Crippen molar-refractivity contribution in [3.8, 4) is 0 Å². The zero-order valence-electron chi connectivity index (χ0n) is 12.9. The average Bonchev–Trinajstić information content (AvgIpc) is 2.86. The molecule has 2 fully saturated rings. The minimum Gasteiger partial charge on any atom is -0.364 e. The minimum atomic E-state index is -0.172. The Morgan fingerprint density at radius 2 is 2.05 bits per heavy atom. The van der Waals surface area contributed by atoms with Gasteiger partial charge in [-0.05, 0) is 37.5 Å². The number of nitrogens with zero attached hydrogens (tertiary/aromatic N) is 1. The van der Waals surface area contributed by atoms with Gasteiger partial charge in [0, 0.05) is 31.0 Å². The SMILES string of the molecule is Cc1cc(=O)c(C(=O)N2CCC3(CCC(C)CC3)C2)c[nH]1. The van der Waals surface area contributed by atoms with Crippen molar-refractivity contribution in [3.05, 3.63) is 33.7 Å². The number of hydrogen-bond donors (Lipinski definition) is 1. The number of carbonyl (C=O) groups excluding carboxylic acids is 1. The first-order chi connectivity index (χ1) is 9.99. The predicted octanol–water partition coefficient (Wildman–Crippen LogP) is 2.73. The van der Waals surface area contributed by atoms with Crippen LogP contribution in [0.1, 0.15) is 55.1 Å². The number of amides is 1. The van der Waals surface area contributed by atoms with Crippen molar-refractivity contribution in [1.29, 1.82) is 0 Å². The first-order valence-electron chi connectivity index (χ1n) is 7.98. The van der Waals surface area contributed by atoms with E-state index < -0.39 is 0 Å². The molecule has 3 rings (SSSR count). The lowest BCUT2D eigenvalue weighted by molar-refractivity contribution is 0.0749. The van der Waals surface area contributed by atoms with Gasteiger partial charge in [0.1, 0.15) is 5.56 Å². The number of hydrogen-bond acceptors (Lipinski definition) is 2. The van der Waals surface area contributed by atoms with Crippen LogP contribution in [-0.2, 0) is 0 Å². The maximum absolute atomic E-state index is 12.6. The number of rotatable bonds is 1. The average molecular weight is 288 g/mol. The fourth-order valence-corrected chi connectivity index (χ4v) is 3.80. The van der Waals surface area contributed by atoms with Crippen LogP contribution in [0.5, 0.6) is 0 Å². The summed E-state index contributed by atoms with van der Waals surface area (Å²) < 4.78 is 0. The van der Waals surface area contributed by atoms with Crippen molar-refractivity contribution in [2.45, 2.75) is 46.0 Å². The quantitative estimate of drug-likeness (QED) is 0.864. The zero-order chi connectivity index (χ0) is 15.0. The topological polar surface area (TPSA) is 53.2 Å². The van der Waals surface area contributed by atoms with E-state index in [9.17, 15) is 9.59 Å². The number of carbonyl (C=O) groups is 1. The largest absolute Gasteiger partial charge is 0.364 e. The third kappa shape index (κ3) is 2.76. The molecule has 0 atom stereocenters. The Balaban J connectivity index is 1.74. The van der Waals surface area contributed by atoms with E-state index in [-0.39, 0.29) is 16.9 Å². The first kappa shape index (κ1) is 14.4. The van der Waals surface area contributed by atoms with E-state index in [2.05, 4.69) is 11.9 Å². The Morgan fingerprint density at radius 1 is 1.33 bits per heavy atom. The zero-order valence-corrected chi connectivity index (χ0v) is 12.9. The molecule has 1 aliphatic heterocycles. The summed E-state index contributed by atoms with van der Waals surface area (Å²) in [7, 11) is 0. The molecule has 1 aromatic rings. The molecule has 0 bridgehead atoms. The number of aromatic amines is 1. The normalized spacial score (nSPS) is 29.0. The standard InChI is InChI=1S/C17H24N2O2/c1-12-3-5-17(6-4-12)7-8-19(11-17)16(21)14-10-18-13(2)9-15(14)20/h9-10,12H,3-8,11H2,1-2H3,(H,18,20). The van der Waals surface area contributed by atoms with Gasteiger partial charge < -0.3 is 9.88 Å². The monoisotopic (exact) mass is 288 g/mol. The van der Waals surface area contributed by atoms with Crippen molar-refractivity contribution in [2.75, 3.05) is 13.1 Å². The Morgan fingerprint density at radius 3 is 2.71 bits per heavy atom. The molecule has 2 aliphatic rings. The van der Waals surface area contributed by atoms with E-state index >= 15 is 0 Å². The second-order valence-electron chi connectivity index (χ2n) is 7.05. The highest BCUT2D eigenvalue weighted by Crippen LogP contribution is 2.45. The van der Waals surface area contributed by atoms with Crippen LogP contribution < -0.4 is 5.43 Å². The van der Waals surface area contributed by atoms with Crippen LogP contribution in [0.15, 0.2) is 17.1 Å². The second-order valence-corrected chi connectivity index (χ2v) is 7.05. The Bertz CT molecular complexity index is 597. The highest BCUT2D eigenvalue weighted by Gasteiger charge is 2.42. The van der Waals surface area contributed by atoms with E-state index in [4.69, 9.17) is 0 Å². The summed E-state index contributed by atoms with van der Waals surface area (Å²) in [5.74, 6) is 0.715. The lowest BCUT2D eigenvalue weighted by atomic mass is 9.70. The molecule has 0 radical (unpaired) electrons. The van der Waals surface area contributed by atoms with Crippen molar-refractivity contribution >= 4 is 5.91 Å².